The highest BCUT2D eigenvalue weighted by atomic mass is 32.1. The molecular weight excluding hydrogens is 237 g/mol. The van der Waals surface area contributed by atoms with Crippen LogP contribution in [0.2, 0.25) is 0 Å². The maximum atomic E-state index is 13.1. The molecule has 0 unspecified atom stereocenters. The van der Waals surface area contributed by atoms with Gasteiger partial charge in [-0.15, -0.1) is 11.3 Å². The van der Waals surface area contributed by atoms with Crippen molar-refractivity contribution in [2.75, 3.05) is 5.32 Å². The Bertz CT molecular complexity index is 571. The van der Waals surface area contributed by atoms with Gasteiger partial charge in [0.15, 0.2) is 0 Å². The van der Waals surface area contributed by atoms with Gasteiger partial charge >= 0.3 is 0 Å². The van der Waals surface area contributed by atoms with Crippen molar-refractivity contribution >= 4 is 17.0 Å². The number of aromatic nitrogens is 1. The summed E-state index contributed by atoms with van der Waals surface area (Å²) in [4.78, 5) is 5.28. The molecule has 1 heterocycles. The van der Waals surface area contributed by atoms with Crippen molar-refractivity contribution in [2.45, 2.75) is 13.5 Å². The molecule has 0 bridgehead atoms. The first-order valence-corrected chi connectivity index (χ1v) is 5.91. The summed E-state index contributed by atoms with van der Waals surface area (Å²) in [7, 11) is 0. The zero-order chi connectivity index (χ0) is 12.3. The van der Waals surface area contributed by atoms with E-state index in [2.05, 4.69) is 10.3 Å². The lowest BCUT2D eigenvalue weighted by Crippen LogP contribution is -1.99. The molecule has 3 nitrogen and oxygen atoms in total. The molecule has 2 rings (SSSR count). The topological polar surface area (TPSA) is 48.7 Å². The van der Waals surface area contributed by atoms with Gasteiger partial charge in [0.1, 0.15) is 11.9 Å². The molecule has 0 spiro atoms. The molecule has 0 radical (unpaired) electrons. The van der Waals surface area contributed by atoms with Crippen LogP contribution in [0.25, 0.3) is 0 Å². The molecule has 17 heavy (non-hydrogen) atoms. The van der Waals surface area contributed by atoms with Crippen LogP contribution in [-0.4, -0.2) is 4.98 Å². The van der Waals surface area contributed by atoms with E-state index in [1.807, 2.05) is 13.0 Å². The molecule has 0 aliphatic carbocycles. The number of hydrogen-bond donors (Lipinski definition) is 1. The Kier molecular flexibility index (Phi) is 3.35. The fourth-order valence-electron chi connectivity index (χ4n) is 1.40. The molecular formula is C12H10FN3S. The standard InChI is InChI=1S/C12H10FN3S/c1-8-12(17-7-16-8)6-15-10-2-3-11(13)9(4-10)5-14/h2-4,7,15H,6H2,1H3. The van der Waals surface area contributed by atoms with Crippen molar-refractivity contribution in [2.24, 2.45) is 0 Å². The normalized spacial score (nSPS) is 9.94. The van der Waals surface area contributed by atoms with Gasteiger partial charge in [-0.1, -0.05) is 0 Å². The lowest BCUT2D eigenvalue weighted by Gasteiger charge is -2.05. The second kappa shape index (κ2) is 4.93. The second-order valence-corrected chi connectivity index (χ2v) is 4.46. The quantitative estimate of drug-likeness (QED) is 0.906. The Balaban J connectivity index is 2.10. The molecule has 1 aromatic carbocycles. The summed E-state index contributed by atoms with van der Waals surface area (Å²) in [5, 5.41) is 11.9. The minimum Gasteiger partial charge on any atom is -0.380 e. The van der Waals surface area contributed by atoms with Crippen LogP contribution in [0.3, 0.4) is 0 Å². The molecule has 0 fully saturated rings. The lowest BCUT2D eigenvalue weighted by molar-refractivity contribution is 0.624. The van der Waals surface area contributed by atoms with Crippen molar-refractivity contribution in [3.05, 3.63) is 45.7 Å². The predicted octanol–water partition coefficient (Wildman–Crippen LogP) is 3.07. The number of hydrogen-bond acceptors (Lipinski definition) is 4. The van der Waals surface area contributed by atoms with E-state index in [9.17, 15) is 4.39 Å². The molecule has 0 atom stereocenters. The maximum absolute atomic E-state index is 13.1. The van der Waals surface area contributed by atoms with Crippen LogP contribution in [-0.2, 0) is 6.54 Å². The van der Waals surface area contributed by atoms with Crippen molar-refractivity contribution in [3.63, 3.8) is 0 Å². The van der Waals surface area contributed by atoms with Gasteiger partial charge in [0, 0.05) is 10.6 Å². The molecule has 86 valence electrons. The Morgan fingerprint density at radius 3 is 3.00 bits per heavy atom. The van der Waals surface area contributed by atoms with Gasteiger partial charge in [-0.05, 0) is 25.1 Å². The average Bonchev–Trinajstić information content (AvgIpc) is 2.74. The fraction of sp³-hybridized carbons (Fsp3) is 0.167. The van der Waals surface area contributed by atoms with Crippen molar-refractivity contribution < 1.29 is 4.39 Å². The van der Waals surface area contributed by atoms with Crippen molar-refractivity contribution in [3.8, 4) is 6.07 Å². The van der Waals surface area contributed by atoms with Crippen LogP contribution in [0.1, 0.15) is 16.1 Å². The third kappa shape index (κ3) is 2.60. The monoisotopic (exact) mass is 247 g/mol. The van der Waals surface area contributed by atoms with Crippen LogP contribution in [0.4, 0.5) is 10.1 Å². The van der Waals surface area contributed by atoms with Crippen LogP contribution in [0, 0.1) is 24.1 Å². The summed E-state index contributed by atoms with van der Waals surface area (Å²) in [6, 6.07) is 6.23. The zero-order valence-corrected chi connectivity index (χ0v) is 10.0. The number of nitriles is 1. The van der Waals surface area contributed by atoms with Gasteiger partial charge in [-0.2, -0.15) is 5.26 Å². The Labute approximate surface area is 103 Å². The lowest BCUT2D eigenvalue weighted by atomic mass is 10.2. The van der Waals surface area contributed by atoms with Gasteiger partial charge in [0.05, 0.1) is 23.3 Å². The first-order valence-electron chi connectivity index (χ1n) is 5.03. The molecule has 0 aliphatic heterocycles. The van der Waals surface area contributed by atoms with Gasteiger partial charge in [-0.25, -0.2) is 9.37 Å². The number of thiazole rings is 1. The molecule has 0 saturated carbocycles. The SMILES string of the molecule is Cc1ncsc1CNc1ccc(F)c(C#N)c1. The minimum absolute atomic E-state index is 0.0519. The van der Waals surface area contributed by atoms with Gasteiger partial charge in [0.2, 0.25) is 0 Å². The third-order valence-corrected chi connectivity index (χ3v) is 3.32. The van der Waals surface area contributed by atoms with Crippen LogP contribution in [0.15, 0.2) is 23.7 Å². The summed E-state index contributed by atoms with van der Waals surface area (Å²) in [6.45, 7) is 2.58. The third-order valence-electron chi connectivity index (χ3n) is 2.38. The average molecular weight is 247 g/mol. The Morgan fingerprint density at radius 2 is 2.35 bits per heavy atom. The second-order valence-electron chi connectivity index (χ2n) is 3.52. The summed E-state index contributed by atoms with van der Waals surface area (Å²) in [5.41, 5.74) is 3.56. The summed E-state index contributed by atoms with van der Waals surface area (Å²) in [5.74, 6) is -0.493. The zero-order valence-electron chi connectivity index (χ0n) is 9.20. The Hall–Kier alpha value is -1.93. The highest BCUT2D eigenvalue weighted by Gasteiger charge is 2.04. The number of halogens is 1. The first kappa shape index (κ1) is 11.6. The minimum atomic E-state index is -0.493. The highest BCUT2D eigenvalue weighted by molar-refractivity contribution is 7.09. The molecule has 1 N–H and O–H groups in total. The molecule has 1 aromatic heterocycles. The van der Waals surface area contributed by atoms with Crippen LogP contribution in [0.5, 0.6) is 0 Å². The van der Waals surface area contributed by atoms with E-state index < -0.39 is 5.82 Å². The highest BCUT2D eigenvalue weighted by Crippen LogP contribution is 2.17. The smallest absolute Gasteiger partial charge is 0.141 e. The van der Waals surface area contributed by atoms with E-state index in [4.69, 9.17) is 5.26 Å². The number of nitrogens with zero attached hydrogens (tertiary/aromatic N) is 2. The molecule has 0 aliphatic rings. The summed E-state index contributed by atoms with van der Waals surface area (Å²) >= 11 is 1.57. The molecule has 5 heteroatoms. The number of rotatable bonds is 3. The van der Waals surface area contributed by atoms with E-state index in [-0.39, 0.29) is 5.56 Å². The predicted molar refractivity (Wildman–Crippen MR) is 65.3 cm³/mol. The Morgan fingerprint density at radius 1 is 1.53 bits per heavy atom. The maximum Gasteiger partial charge on any atom is 0.141 e. The number of nitrogens with one attached hydrogen (secondary N) is 1. The van der Waals surface area contributed by atoms with E-state index in [0.29, 0.717) is 6.54 Å². The van der Waals surface area contributed by atoms with E-state index in [0.717, 1.165) is 16.3 Å². The molecule has 0 saturated heterocycles. The fourth-order valence-corrected chi connectivity index (χ4v) is 2.12. The summed E-state index contributed by atoms with van der Waals surface area (Å²) < 4.78 is 13.1. The van der Waals surface area contributed by atoms with Crippen molar-refractivity contribution in [1.82, 2.24) is 4.98 Å². The van der Waals surface area contributed by atoms with Crippen LogP contribution >= 0.6 is 11.3 Å². The van der Waals surface area contributed by atoms with E-state index in [1.165, 1.54) is 12.1 Å². The van der Waals surface area contributed by atoms with Gasteiger partial charge in [0.25, 0.3) is 0 Å². The molecule has 2 aromatic rings. The number of benzene rings is 1. The van der Waals surface area contributed by atoms with Gasteiger partial charge < -0.3 is 5.32 Å². The first-order chi connectivity index (χ1) is 8.20. The van der Waals surface area contributed by atoms with Crippen molar-refractivity contribution in [1.29, 1.82) is 5.26 Å². The summed E-state index contributed by atoms with van der Waals surface area (Å²) in [6.07, 6.45) is 0. The number of aryl methyl sites for hydroxylation is 1. The molecule has 0 amide bonds. The van der Waals surface area contributed by atoms with E-state index >= 15 is 0 Å². The van der Waals surface area contributed by atoms with E-state index in [1.54, 1.807) is 22.9 Å². The van der Waals surface area contributed by atoms with Gasteiger partial charge in [-0.3, -0.25) is 0 Å². The van der Waals surface area contributed by atoms with Crippen LogP contribution < -0.4 is 5.32 Å². The number of anilines is 1. The largest absolute Gasteiger partial charge is 0.380 e.